The average molecular weight is 357 g/mol. The van der Waals surface area contributed by atoms with Crippen LogP contribution in [0.1, 0.15) is 34.6 Å². The number of carbonyl (C=O) groups is 1. The minimum atomic E-state index is -0.592. The van der Waals surface area contributed by atoms with Crippen LogP contribution in [0.4, 0.5) is 11.4 Å². The summed E-state index contributed by atoms with van der Waals surface area (Å²) >= 11 is 0. The molecule has 26 heavy (non-hydrogen) atoms. The molecule has 0 spiro atoms. The molecule has 0 aliphatic heterocycles. The summed E-state index contributed by atoms with van der Waals surface area (Å²) in [6.07, 6.45) is 0. The van der Waals surface area contributed by atoms with Crippen molar-refractivity contribution in [2.45, 2.75) is 34.6 Å². The molecular weight excluding hydrogens is 330 g/mol. The molecule has 0 radical (unpaired) electrons. The number of carbonyl (C=O) groups excluding carboxylic acids is 1. The summed E-state index contributed by atoms with van der Waals surface area (Å²) in [6.45, 7) is 9.34. The lowest BCUT2D eigenvalue weighted by molar-refractivity contribution is -0.113. The zero-order valence-electron chi connectivity index (χ0n) is 15.9. The Kier molecular flexibility index (Phi) is 11.6. The number of hydrogen-bond donors (Lipinski definition) is 3. The van der Waals surface area contributed by atoms with Crippen molar-refractivity contribution >= 4 is 17.3 Å². The van der Waals surface area contributed by atoms with Crippen molar-refractivity contribution in [2.75, 3.05) is 5.32 Å². The second-order valence-electron chi connectivity index (χ2n) is 4.44. The Hall–Kier alpha value is -3.15. The number of aliphatic hydroxyl groups excluding tert-OH is 1. The molecular formula is C20H27N3O3. The molecule has 0 fully saturated rings. The first-order valence-corrected chi connectivity index (χ1v) is 8.54. The van der Waals surface area contributed by atoms with E-state index in [-0.39, 0.29) is 22.9 Å². The Morgan fingerprint density at radius 1 is 0.923 bits per heavy atom. The summed E-state index contributed by atoms with van der Waals surface area (Å²) in [6, 6.07) is 15.1. The van der Waals surface area contributed by atoms with E-state index in [1.807, 2.05) is 33.8 Å². The van der Waals surface area contributed by atoms with Gasteiger partial charge in [-0.25, -0.2) is 0 Å². The minimum Gasteiger partial charge on any atom is -0.510 e. The summed E-state index contributed by atoms with van der Waals surface area (Å²) in [5, 5.41) is 29.3. The van der Waals surface area contributed by atoms with Gasteiger partial charge in [0.2, 0.25) is 0 Å². The fraction of sp³-hybridized carbons (Fsp3) is 0.250. The number of aliphatic hydroxyl groups is 1. The highest BCUT2D eigenvalue weighted by Gasteiger charge is 2.13. The van der Waals surface area contributed by atoms with Crippen LogP contribution in [-0.2, 0) is 4.79 Å². The predicted octanol–water partition coefficient (Wildman–Crippen LogP) is 5.96. The Balaban J connectivity index is 0.00000146. The van der Waals surface area contributed by atoms with E-state index in [2.05, 4.69) is 15.5 Å². The van der Waals surface area contributed by atoms with Crippen molar-refractivity contribution in [3.05, 3.63) is 66.1 Å². The number of nitrogens with one attached hydrogen (secondary N) is 1. The number of phenolic OH excluding ortho intramolecular Hbond substituents is 1. The van der Waals surface area contributed by atoms with Gasteiger partial charge in [-0.15, -0.1) is 10.2 Å². The third kappa shape index (κ3) is 7.61. The predicted molar refractivity (Wildman–Crippen MR) is 106 cm³/mol. The average Bonchev–Trinajstić information content (AvgIpc) is 2.67. The Labute approximate surface area is 154 Å². The lowest BCUT2D eigenvalue weighted by Gasteiger charge is -2.05. The molecule has 0 aliphatic carbocycles. The molecule has 0 atom stereocenters. The number of rotatable bonds is 4. The van der Waals surface area contributed by atoms with Crippen LogP contribution in [0.3, 0.4) is 0 Å². The van der Waals surface area contributed by atoms with Crippen molar-refractivity contribution < 1.29 is 15.0 Å². The van der Waals surface area contributed by atoms with Crippen molar-refractivity contribution in [2.24, 2.45) is 10.2 Å². The van der Waals surface area contributed by atoms with Crippen molar-refractivity contribution in [1.82, 2.24) is 0 Å². The number of aromatic hydroxyl groups is 1. The molecule has 6 nitrogen and oxygen atoms in total. The van der Waals surface area contributed by atoms with Gasteiger partial charge >= 0.3 is 0 Å². The SMILES string of the molecule is C/C(O)=C(/N=Nc1ccccc1O)C(=O)Nc1ccccc1.CC.CC. The summed E-state index contributed by atoms with van der Waals surface area (Å²) in [5.41, 5.74) is 0.546. The number of anilines is 1. The van der Waals surface area contributed by atoms with Gasteiger partial charge < -0.3 is 15.5 Å². The van der Waals surface area contributed by atoms with Crippen LogP contribution in [0.25, 0.3) is 0 Å². The molecule has 0 unspecified atom stereocenters. The maximum atomic E-state index is 12.1. The highest BCUT2D eigenvalue weighted by Crippen LogP contribution is 2.26. The Bertz CT molecular complexity index is 722. The molecule has 140 valence electrons. The van der Waals surface area contributed by atoms with Crippen LogP contribution in [0.15, 0.2) is 76.3 Å². The summed E-state index contributed by atoms with van der Waals surface area (Å²) < 4.78 is 0. The molecule has 0 bridgehead atoms. The molecule has 1 amide bonds. The summed E-state index contributed by atoms with van der Waals surface area (Å²) in [5.74, 6) is -0.928. The molecule has 0 heterocycles. The van der Waals surface area contributed by atoms with Crippen LogP contribution in [0.2, 0.25) is 0 Å². The number of para-hydroxylation sites is 2. The van der Waals surface area contributed by atoms with Crippen molar-refractivity contribution in [3.8, 4) is 5.75 Å². The fourth-order valence-electron chi connectivity index (χ4n) is 1.65. The zero-order chi connectivity index (χ0) is 19.9. The first-order valence-electron chi connectivity index (χ1n) is 8.54. The molecule has 6 heteroatoms. The second kappa shape index (κ2) is 13.2. The molecule has 0 saturated carbocycles. The summed E-state index contributed by atoms with van der Waals surface area (Å²) in [7, 11) is 0. The third-order valence-electron chi connectivity index (χ3n) is 2.73. The van der Waals surface area contributed by atoms with Gasteiger partial charge in [0.15, 0.2) is 5.70 Å². The van der Waals surface area contributed by atoms with E-state index < -0.39 is 5.91 Å². The summed E-state index contributed by atoms with van der Waals surface area (Å²) in [4.78, 5) is 12.1. The van der Waals surface area contributed by atoms with Gasteiger partial charge in [-0.3, -0.25) is 4.79 Å². The molecule has 3 N–H and O–H groups in total. The highest BCUT2D eigenvalue weighted by molar-refractivity contribution is 6.03. The van der Waals surface area contributed by atoms with Gasteiger partial charge in [0.05, 0.1) is 0 Å². The van der Waals surface area contributed by atoms with Crippen LogP contribution in [0.5, 0.6) is 5.75 Å². The van der Waals surface area contributed by atoms with Crippen molar-refractivity contribution in [3.63, 3.8) is 0 Å². The van der Waals surface area contributed by atoms with Gasteiger partial charge in [0.1, 0.15) is 17.2 Å². The molecule has 2 aromatic rings. The van der Waals surface area contributed by atoms with Gasteiger partial charge in [-0.2, -0.15) is 0 Å². The lowest BCUT2D eigenvalue weighted by Crippen LogP contribution is -2.14. The number of hydrogen-bond acceptors (Lipinski definition) is 5. The second-order valence-corrected chi connectivity index (χ2v) is 4.44. The molecule has 2 aromatic carbocycles. The number of benzene rings is 2. The monoisotopic (exact) mass is 357 g/mol. The number of phenols is 1. The lowest BCUT2D eigenvalue weighted by atomic mass is 10.3. The van der Waals surface area contributed by atoms with Gasteiger partial charge in [-0.05, 0) is 31.2 Å². The molecule has 0 aliphatic rings. The van der Waals surface area contributed by atoms with Crippen LogP contribution in [-0.4, -0.2) is 16.1 Å². The number of azo groups is 1. The number of allylic oxidation sites excluding steroid dienone is 1. The first-order chi connectivity index (χ1) is 12.6. The molecule has 0 saturated heterocycles. The normalized spacial score (nSPS) is 10.7. The Morgan fingerprint density at radius 3 is 2.00 bits per heavy atom. The quantitative estimate of drug-likeness (QED) is 0.358. The fourth-order valence-corrected chi connectivity index (χ4v) is 1.65. The van der Waals surface area contributed by atoms with E-state index >= 15 is 0 Å². The van der Waals surface area contributed by atoms with Crippen LogP contribution >= 0.6 is 0 Å². The first kappa shape index (κ1) is 22.9. The number of amides is 1. The van der Waals surface area contributed by atoms with E-state index in [9.17, 15) is 15.0 Å². The topological polar surface area (TPSA) is 94.3 Å². The van der Waals surface area contributed by atoms with E-state index in [1.54, 1.807) is 36.4 Å². The van der Waals surface area contributed by atoms with E-state index in [4.69, 9.17) is 0 Å². The largest absolute Gasteiger partial charge is 0.510 e. The maximum Gasteiger partial charge on any atom is 0.279 e. The van der Waals surface area contributed by atoms with Gasteiger partial charge in [-0.1, -0.05) is 58.0 Å². The number of nitrogens with zero attached hydrogens (tertiary/aromatic N) is 2. The molecule has 2 rings (SSSR count). The third-order valence-corrected chi connectivity index (χ3v) is 2.73. The van der Waals surface area contributed by atoms with E-state index in [0.29, 0.717) is 5.69 Å². The smallest absolute Gasteiger partial charge is 0.279 e. The van der Waals surface area contributed by atoms with E-state index in [1.165, 1.54) is 19.1 Å². The van der Waals surface area contributed by atoms with Gasteiger partial charge in [0, 0.05) is 5.69 Å². The minimum absolute atomic E-state index is 0.0651. The Morgan fingerprint density at radius 2 is 1.46 bits per heavy atom. The maximum absolute atomic E-state index is 12.1. The van der Waals surface area contributed by atoms with E-state index in [0.717, 1.165) is 0 Å². The zero-order valence-corrected chi connectivity index (χ0v) is 15.9. The van der Waals surface area contributed by atoms with Crippen LogP contribution < -0.4 is 5.32 Å². The highest BCUT2D eigenvalue weighted by atomic mass is 16.3. The molecule has 0 aromatic heterocycles. The van der Waals surface area contributed by atoms with Crippen molar-refractivity contribution in [1.29, 1.82) is 0 Å². The van der Waals surface area contributed by atoms with Gasteiger partial charge in [0.25, 0.3) is 5.91 Å². The van der Waals surface area contributed by atoms with Crippen LogP contribution in [0, 0.1) is 0 Å². The standard InChI is InChI=1S/C16H15N3O3.2C2H6/c1-11(20)15(16(22)17-12-7-3-2-4-8-12)19-18-13-9-5-6-10-14(13)21;2*1-2/h2-10,20-21H,1H3,(H,17,22);2*1-2H3/b15-11-,19-18?;;.